The SMILES string of the molecule is CCOc1cccc(CNC(=O)CSCc2ccc([N+](=O)[O-])cc2)c1. The molecule has 0 atom stereocenters. The molecule has 2 aromatic rings. The van der Waals surface area contributed by atoms with Crippen LogP contribution in [0.4, 0.5) is 5.69 Å². The van der Waals surface area contributed by atoms with Gasteiger partial charge in [-0.3, -0.25) is 14.9 Å². The summed E-state index contributed by atoms with van der Waals surface area (Å²) < 4.78 is 5.43. The van der Waals surface area contributed by atoms with Gasteiger partial charge in [0.15, 0.2) is 0 Å². The van der Waals surface area contributed by atoms with Crippen LogP contribution in [0, 0.1) is 10.1 Å². The van der Waals surface area contributed by atoms with Gasteiger partial charge in [-0.05, 0) is 30.2 Å². The van der Waals surface area contributed by atoms with E-state index in [1.54, 1.807) is 12.1 Å². The van der Waals surface area contributed by atoms with E-state index < -0.39 is 4.92 Å². The van der Waals surface area contributed by atoms with Crippen LogP contribution in [0.5, 0.6) is 5.75 Å². The maximum Gasteiger partial charge on any atom is 0.269 e. The fraction of sp³-hybridized carbons (Fsp3) is 0.278. The van der Waals surface area contributed by atoms with Crippen molar-refractivity contribution in [3.8, 4) is 5.75 Å². The average molecular weight is 360 g/mol. The molecule has 0 aliphatic carbocycles. The number of benzene rings is 2. The second kappa shape index (κ2) is 9.68. The number of carbonyl (C=O) groups excluding carboxylic acids is 1. The molecular weight excluding hydrogens is 340 g/mol. The third-order valence-corrected chi connectivity index (χ3v) is 4.35. The number of non-ortho nitro benzene ring substituents is 1. The minimum absolute atomic E-state index is 0.0475. The zero-order valence-corrected chi connectivity index (χ0v) is 14.8. The Kier molecular flexibility index (Phi) is 7.28. The largest absolute Gasteiger partial charge is 0.494 e. The average Bonchev–Trinajstić information content (AvgIpc) is 2.61. The van der Waals surface area contributed by atoms with Crippen LogP contribution in [0.2, 0.25) is 0 Å². The summed E-state index contributed by atoms with van der Waals surface area (Å²) in [4.78, 5) is 22.1. The number of hydrogen-bond acceptors (Lipinski definition) is 5. The van der Waals surface area contributed by atoms with Crippen LogP contribution in [0.25, 0.3) is 0 Å². The van der Waals surface area contributed by atoms with Gasteiger partial charge in [0.05, 0.1) is 17.3 Å². The number of carbonyl (C=O) groups is 1. The monoisotopic (exact) mass is 360 g/mol. The Morgan fingerprint density at radius 1 is 1.20 bits per heavy atom. The van der Waals surface area contributed by atoms with Gasteiger partial charge in [-0.2, -0.15) is 0 Å². The lowest BCUT2D eigenvalue weighted by atomic mass is 10.2. The predicted molar refractivity (Wildman–Crippen MR) is 98.7 cm³/mol. The molecule has 2 aromatic carbocycles. The van der Waals surface area contributed by atoms with Crippen LogP contribution < -0.4 is 10.1 Å². The van der Waals surface area contributed by atoms with Crippen molar-refractivity contribution in [3.05, 3.63) is 69.8 Å². The van der Waals surface area contributed by atoms with Gasteiger partial charge in [-0.15, -0.1) is 11.8 Å². The Bertz CT molecular complexity index is 719. The van der Waals surface area contributed by atoms with Gasteiger partial charge < -0.3 is 10.1 Å². The molecule has 25 heavy (non-hydrogen) atoms. The standard InChI is InChI=1S/C18H20N2O4S/c1-2-24-17-5-3-4-15(10-17)11-19-18(21)13-25-12-14-6-8-16(9-7-14)20(22)23/h3-10H,2,11-13H2,1H3,(H,19,21). The van der Waals surface area contributed by atoms with E-state index in [9.17, 15) is 14.9 Å². The number of nitro benzene ring substituents is 1. The van der Waals surface area contributed by atoms with Crippen LogP contribution in [-0.4, -0.2) is 23.2 Å². The number of thioether (sulfide) groups is 1. The first kappa shape index (κ1) is 18.8. The molecule has 0 aliphatic rings. The fourth-order valence-electron chi connectivity index (χ4n) is 2.14. The van der Waals surface area contributed by atoms with Crippen molar-refractivity contribution >= 4 is 23.4 Å². The number of rotatable bonds is 9. The van der Waals surface area contributed by atoms with E-state index in [0.29, 0.717) is 24.7 Å². The first-order valence-corrected chi connectivity index (χ1v) is 9.03. The molecule has 0 aromatic heterocycles. The van der Waals surface area contributed by atoms with Gasteiger partial charge in [0, 0.05) is 24.4 Å². The molecule has 0 saturated heterocycles. The van der Waals surface area contributed by atoms with E-state index >= 15 is 0 Å². The van der Waals surface area contributed by atoms with E-state index in [4.69, 9.17) is 4.74 Å². The lowest BCUT2D eigenvalue weighted by Gasteiger charge is -2.08. The Morgan fingerprint density at radius 3 is 2.64 bits per heavy atom. The molecule has 132 valence electrons. The van der Waals surface area contributed by atoms with Gasteiger partial charge in [0.1, 0.15) is 5.75 Å². The van der Waals surface area contributed by atoms with Crippen molar-refractivity contribution in [2.75, 3.05) is 12.4 Å². The van der Waals surface area contributed by atoms with Crippen LogP contribution in [-0.2, 0) is 17.1 Å². The topological polar surface area (TPSA) is 81.5 Å². The van der Waals surface area contributed by atoms with E-state index in [0.717, 1.165) is 16.9 Å². The molecule has 7 heteroatoms. The Labute approximate surface area is 150 Å². The predicted octanol–water partition coefficient (Wildman–Crippen LogP) is 3.54. The summed E-state index contributed by atoms with van der Waals surface area (Å²) in [6.07, 6.45) is 0. The highest BCUT2D eigenvalue weighted by Crippen LogP contribution is 2.17. The highest BCUT2D eigenvalue weighted by atomic mass is 32.2. The maximum absolute atomic E-state index is 11.9. The summed E-state index contributed by atoms with van der Waals surface area (Å²) >= 11 is 1.47. The Balaban J connectivity index is 1.72. The van der Waals surface area contributed by atoms with Crippen LogP contribution in [0.3, 0.4) is 0 Å². The number of nitro groups is 1. The van der Waals surface area contributed by atoms with E-state index in [-0.39, 0.29) is 11.6 Å². The molecule has 0 fully saturated rings. The molecule has 0 heterocycles. The molecule has 6 nitrogen and oxygen atoms in total. The number of ether oxygens (including phenoxy) is 1. The van der Waals surface area contributed by atoms with Crippen molar-refractivity contribution in [3.63, 3.8) is 0 Å². The number of amides is 1. The van der Waals surface area contributed by atoms with Gasteiger partial charge in [-0.25, -0.2) is 0 Å². The summed E-state index contributed by atoms with van der Waals surface area (Å²) in [5, 5.41) is 13.5. The zero-order chi connectivity index (χ0) is 18.1. The molecule has 0 aliphatic heterocycles. The molecule has 0 spiro atoms. The van der Waals surface area contributed by atoms with Gasteiger partial charge >= 0.3 is 0 Å². The van der Waals surface area contributed by atoms with Gasteiger partial charge in [0.25, 0.3) is 5.69 Å². The second-order valence-corrected chi connectivity index (χ2v) is 6.26. The number of nitrogens with one attached hydrogen (secondary N) is 1. The minimum atomic E-state index is -0.426. The summed E-state index contributed by atoms with van der Waals surface area (Å²) in [5.74, 6) is 1.71. The normalized spacial score (nSPS) is 10.3. The Hall–Kier alpha value is -2.54. The highest BCUT2D eigenvalue weighted by molar-refractivity contribution is 7.99. The van der Waals surface area contributed by atoms with Crippen molar-refractivity contribution in [2.24, 2.45) is 0 Å². The fourth-order valence-corrected chi connectivity index (χ4v) is 2.96. The highest BCUT2D eigenvalue weighted by Gasteiger charge is 2.06. The molecule has 0 saturated carbocycles. The minimum Gasteiger partial charge on any atom is -0.494 e. The molecule has 0 radical (unpaired) electrons. The smallest absolute Gasteiger partial charge is 0.269 e. The first-order chi connectivity index (χ1) is 12.1. The van der Waals surface area contributed by atoms with E-state index in [1.165, 1.54) is 23.9 Å². The Morgan fingerprint density at radius 2 is 1.96 bits per heavy atom. The van der Waals surface area contributed by atoms with Crippen molar-refractivity contribution < 1.29 is 14.5 Å². The van der Waals surface area contributed by atoms with Crippen molar-refractivity contribution in [2.45, 2.75) is 19.2 Å². The lowest BCUT2D eigenvalue weighted by molar-refractivity contribution is -0.384. The summed E-state index contributed by atoms with van der Waals surface area (Å²) in [5.41, 5.74) is 2.01. The lowest BCUT2D eigenvalue weighted by Crippen LogP contribution is -2.24. The van der Waals surface area contributed by atoms with Crippen molar-refractivity contribution in [1.29, 1.82) is 0 Å². The van der Waals surface area contributed by atoms with E-state index in [1.807, 2.05) is 31.2 Å². The molecule has 2 rings (SSSR count). The third kappa shape index (κ3) is 6.46. The molecule has 1 amide bonds. The van der Waals surface area contributed by atoms with Crippen molar-refractivity contribution in [1.82, 2.24) is 5.32 Å². The number of hydrogen-bond donors (Lipinski definition) is 1. The summed E-state index contributed by atoms with van der Waals surface area (Å²) in [7, 11) is 0. The molecule has 0 bridgehead atoms. The quantitative estimate of drug-likeness (QED) is 0.546. The number of nitrogens with zero attached hydrogens (tertiary/aromatic N) is 1. The second-order valence-electron chi connectivity index (χ2n) is 5.27. The summed E-state index contributed by atoms with van der Waals surface area (Å²) in [6.45, 7) is 2.99. The van der Waals surface area contributed by atoms with Crippen LogP contribution in [0.1, 0.15) is 18.1 Å². The van der Waals surface area contributed by atoms with Gasteiger partial charge in [-0.1, -0.05) is 24.3 Å². The summed E-state index contributed by atoms with van der Waals surface area (Å²) in [6, 6.07) is 14.0. The van der Waals surface area contributed by atoms with Crippen LogP contribution >= 0.6 is 11.8 Å². The zero-order valence-electron chi connectivity index (χ0n) is 13.9. The van der Waals surface area contributed by atoms with Gasteiger partial charge in [0.2, 0.25) is 5.91 Å². The third-order valence-electron chi connectivity index (χ3n) is 3.35. The van der Waals surface area contributed by atoms with Crippen LogP contribution in [0.15, 0.2) is 48.5 Å². The van der Waals surface area contributed by atoms with E-state index in [2.05, 4.69) is 5.32 Å². The first-order valence-electron chi connectivity index (χ1n) is 7.88. The molecule has 1 N–H and O–H groups in total. The maximum atomic E-state index is 11.9. The molecular formula is C18H20N2O4S. The molecule has 0 unspecified atom stereocenters.